The van der Waals surface area contributed by atoms with Crippen molar-refractivity contribution in [2.75, 3.05) is 0 Å². The first-order valence-corrected chi connectivity index (χ1v) is 5.75. The van der Waals surface area contributed by atoms with E-state index in [4.69, 9.17) is 0 Å². The maximum absolute atomic E-state index is 3.69. The van der Waals surface area contributed by atoms with Gasteiger partial charge < -0.3 is 0 Å². The SMILES string of the molecule is C=C/C=C(\C)CC/C=C(/C)CC/C=C/C. The van der Waals surface area contributed by atoms with Crippen LogP contribution < -0.4 is 0 Å². The van der Waals surface area contributed by atoms with E-state index in [-0.39, 0.29) is 0 Å². The first kappa shape index (κ1) is 14.0. The Hall–Kier alpha value is -1.04. The van der Waals surface area contributed by atoms with Gasteiger partial charge in [-0.25, -0.2) is 0 Å². The van der Waals surface area contributed by atoms with Crippen LogP contribution in [0.15, 0.2) is 48.1 Å². The number of hydrogen-bond acceptors (Lipinski definition) is 0. The van der Waals surface area contributed by atoms with Crippen LogP contribution in [0.3, 0.4) is 0 Å². The Morgan fingerprint density at radius 2 is 1.73 bits per heavy atom. The number of rotatable bonds is 7. The minimum absolute atomic E-state index is 1.15. The van der Waals surface area contributed by atoms with Crippen LogP contribution in [0.25, 0.3) is 0 Å². The molecule has 0 spiro atoms. The first-order chi connectivity index (χ1) is 7.20. The lowest BCUT2D eigenvalue weighted by molar-refractivity contribution is 0.922. The van der Waals surface area contributed by atoms with Crippen molar-refractivity contribution < 1.29 is 0 Å². The van der Waals surface area contributed by atoms with E-state index in [9.17, 15) is 0 Å². The predicted molar refractivity (Wildman–Crippen MR) is 71.0 cm³/mol. The standard InChI is InChI=1S/C15H24/c1-5-7-8-11-15(4)13-9-12-14(3)10-6-2/h5-7,10,13H,2,8-9,11-12H2,1,3-4H3/b7-5+,14-10+,15-13-. The molecule has 0 fully saturated rings. The molecule has 0 saturated heterocycles. The maximum Gasteiger partial charge on any atom is -0.0285 e. The summed E-state index contributed by atoms with van der Waals surface area (Å²) in [6, 6.07) is 0. The molecule has 0 aromatic heterocycles. The summed E-state index contributed by atoms with van der Waals surface area (Å²) in [5.74, 6) is 0. The summed E-state index contributed by atoms with van der Waals surface area (Å²) < 4.78 is 0. The first-order valence-electron chi connectivity index (χ1n) is 5.75. The third-order valence-corrected chi connectivity index (χ3v) is 2.37. The molecule has 0 bridgehead atoms. The Morgan fingerprint density at radius 3 is 2.33 bits per heavy atom. The second kappa shape index (κ2) is 9.51. The quantitative estimate of drug-likeness (QED) is 0.395. The predicted octanol–water partition coefficient (Wildman–Crippen LogP) is 5.20. The van der Waals surface area contributed by atoms with E-state index >= 15 is 0 Å². The van der Waals surface area contributed by atoms with E-state index in [2.05, 4.69) is 51.7 Å². The van der Waals surface area contributed by atoms with Crippen molar-refractivity contribution in [3.8, 4) is 0 Å². The van der Waals surface area contributed by atoms with Gasteiger partial charge in [-0.05, 0) is 46.5 Å². The second-order valence-corrected chi connectivity index (χ2v) is 3.95. The smallest absolute Gasteiger partial charge is 0.0285 e. The van der Waals surface area contributed by atoms with Gasteiger partial charge in [0.25, 0.3) is 0 Å². The van der Waals surface area contributed by atoms with Crippen molar-refractivity contribution in [2.45, 2.75) is 46.5 Å². The maximum atomic E-state index is 3.69. The Balaban J connectivity index is 3.75. The monoisotopic (exact) mass is 204 g/mol. The Labute approximate surface area is 95.1 Å². The summed E-state index contributed by atoms with van der Waals surface area (Å²) in [5.41, 5.74) is 2.90. The fraction of sp³-hybridized carbons (Fsp3) is 0.467. The van der Waals surface area contributed by atoms with Crippen molar-refractivity contribution in [2.24, 2.45) is 0 Å². The summed E-state index contributed by atoms with van der Waals surface area (Å²) in [6.07, 6.45) is 15.3. The molecule has 0 amide bonds. The molecule has 0 aliphatic heterocycles. The lowest BCUT2D eigenvalue weighted by Crippen LogP contribution is -1.79. The van der Waals surface area contributed by atoms with Crippen LogP contribution >= 0.6 is 0 Å². The van der Waals surface area contributed by atoms with Gasteiger partial charge in [0.1, 0.15) is 0 Å². The molecule has 0 radical (unpaired) electrons. The van der Waals surface area contributed by atoms with Crippen molar-refractivity contribution in [3.05, 3.63) is 48.1 Å². The molecule has 0 saturated carbocycles. The van der Waals surface area contributed by atoms with Crippen LogP contribution in [-0.2, 0) is 0 Å². The van der Waals surface area contributed by atoms with Crippen LogP contribution in [0, 0.1) is 0 Å². The van der Waals surface area contributed by atoms with Gasteiger partial charge >= 0.3 is 0 Å². The summed E-state index contributed by atoms with van der Waals surface area (Å²) >= 11 is 0. The molecule has 0 atom stereocenters. The van der Waals surface area contributed by atoms with Crippen LogP contribution in [0.2, 0.25) is 0 Å². The molecule has 84 valence electrons. The zero-order valence-corrected chi connectivity index (χ0v) is 10.4. The zero-order valence-electron chi connectivity index (χ0n) is 10.4. The number of hydrogen-bond donors (Lipinski definition) is 0. The van der Waals surface area contributed by atoms with Crippen molar-refractivity contribution >= 4 is 0 Å². The Kier molecular flexibility index (Phi) is 8.85. The van der Waals surface area contributed by atoms with Crippen molar-refractivity contribution in [1.82, 2.24) is 0 Å². The van der Waals surface area contributed by atoms with E-state index in [1.54, 1.807) is 0 Å². The fourth-order valence-corrected chi connectivity index (χ4v) is 1.41. The summed E-state index contributed by atoms with van der Waals surface area (Å²) in [6.45, 7) is 10.1. The van der Waals surface area contributed by atoms with Gasteiger partial charge in [-0.3, -0.25) is 0 Å². The van der Waals surface area contributed by atoms with Crippen LogP contribution in [0.4, 0.5) is 0 Å². The third kappa shape index (κ3) is 9.27. The topological polar surface area (TPSA) is 0 Å². The molecule has 0 aromatic rings. The Bertz CT molecular complexity index is 251. The van der Waals surface area contributed by atoms with Gasteiger partial charge in [0.05, 0.1) is 0 Å². The molecule has 0 aliphatic rings. The molecule has 0 unspecified atom stereocenters. The molecule has 0 heteroatoms. The average Bonchev–Trinajstić information content (AvgIpc) is 2.18. The average molecular weight is 204 g/mol. The minimum atomic E-state index is 1.15. The van der Waals surface area contributed by atoms with E-state index < -0.39 is 0 Å². The molecule has 0 N–H and O–H groups in total. The molecular formula is C15H24. The lowest BCUT2D eigenvalue weighted by Gasteiger charge is -1.99. The van der Waals surface area contributed by atoms with Crippen LogP contribution in [0.5, 0.6) is 0 Å². The van der Waals surface area contributed by atoms with E-state index in [0.717, 1.165) is 12.8 Å². The largest absolute Gasteiger partial charge is 0.0991 e. The van der Waals surface area contributed by atoms with E-state index in [1.165, 1.54) is 24.0 Å². The molecule has 0 aromatic carbocycles. The highest BCUT2D eigenvalue weighted by atomic mass is 14.0. The molecule has 0 nitrogen and oxygen atoms in total. The van der Waals surface area contributed by atoms with Gasteiger partial charge in [-0.15, -0.1) is 0 Å². The third-order valence-electron chi connectivity index (χ3n) is 2.37. The molecular weight excluding hydrogens is 180 g/mol. The van der Waals surface area contributed by atoms with Crippen molar-refractivity contribution in [3.63, 3.8) is 0 Å². The zero-order chi connectivity index (χ0) is 11.5. The van der Waals surface area contributed by atoms with Crippen molar-refractivity contribution in [1.29, 1.82) is 0 Å². The van der Waals surface area contributed by atoms with Gasteiger partial charge in [-0.2, -0.15) is 0 Å². The molecule has 0 heterocycles. The summed E-state index contributed by atoms with van der Waals surface area (Å²) in [5, 5.41) is 0. The highest BCUT2D eigenvalue weighted by molar-refractivity contribution is 5.09. The number of allylic oxidation sites excluding steroid dienone is 7. The lowest BCUT2D eigenvalue weighted by atomic mass is 10.1. The van der Waals surface area contributed by atoms with Crippen LogP contribution in [0.1, 0.15) is 46.5 Å². The normalized spacial score (nSPS) is 13.5. The molecule has 0 aliphatic carbocycles. The van der Waals surface area contributed by atoms with Gasteiger partial charge in [0, 0.05) is 0 Å². The second-order valence-electron chi connectivity index (χ2n) is 3.95. The van der Waals surface area contributed by atoms with E-state index in [0.29, 0.717) is 0 Å². The van der Waals surface area contributed by atoms with E-state index in [1.807, 2.05) is 6.08 Å². The van der Waals surface area contributed by atoms with Gasteiger partial charge in [0.2, 0.25) is 0 Å². The van der Waals surface area contributed by atoms with Gasteiger partial charge in [0.15, 0.2) is 0 Å². The highest BCUT2D eigenvalue weighted by Crippen LogP contribution is 2.10. The molecule has 15 heavy (non-hydrogen) atoms. The molecule has 0 rings (SSSR count). The van der Waals surface area contributed by atoms with Crippen LogP contribution in [-0.4, -0.2) is 0 Å². The highest BCUT2D eigenvalue weighted by Gasteiger charge is 1.90. The van der Waals surface area contributed by atoms with Gasteiger partial charge in [-0.1, -0.05) is 48.1 Å². The fourth-order valence-electron chi connectivity index (χ4n) is 1.41. The minimum Gasteiger partial charge on any atom is -0.0991 e. The Morgan fingerprint density at radius 1 is 1.07 bits per heavy atom. The summed E-state index contributed by atoms with van der Waals surface area (Å²) in [7, 11) is 0. The summed E-state index contributed by atoms with van der Waals surface area (Å²) in [4.78, 5) is 0.